The van der Waals surface area contributed by atoms with E-state index in [2.05, 4.69) is 15.5 Å². The van der Waals surface area contributed by atoms with Crippen LogP contribution in [0.3, 0.4) is 0 Å². The monoisotopic (exact) mass is 371 g/mol. The first-order chi connectivity index (χ1) is 10.7. The molecule has 2 saturated heterocycles. The Morgan fingerprint density at radius 1 is 1.17 bits per heavy atom. The molecule has 2 aromatic heterocycles. The van der Waals surface area contributed by atoms with E-state index < -0.39 is 0 Å². The lowest BCUT2D eigenvalue weighted by Gasteiger charge is -2.38. The largest absolute Gasteiger partial charge is 0.339 e. The second-order valence-corrected chi connectivity index (χ2v) is 6.61. The van der Waals surface area contributed by atoms with Crippen molar-refractivity contribution in [2.45, 2.75) is 26.2 Å². The van der Waals surface area contributed by atoms with Gasteiger partial charge in [0.15, 0.2) is 5.65 Å². The van der Waals surface area contributed by atoms with Crippen LogP contribution in [0, 0.1) is 12.3 Å². The van der Waals surface area contributed by atoms with Gasteiger partial charge in [0.2, 0.25) is 0 Å². The third-order valence-corrected chi connectivity index (χ3v) is 5.26. The Bertz CT molecular complexity index is 716. The molecule has 4 heterocycles. The van der Waals surface area contributed by atoms with E-state index >= 15 is 0 Å². The van der Waals surface area contributed by atoms with Crippen molar-refractivity contribution in [2.75, 3.05) is 26.2 Å². The van der Waals surface area contributed by atoms with Crippen LogP contribution in [0.5, 0.6) is 0 Å². The lowest BCUT2D eigenvalue weighted by molar-refractivity contribution is 0.0607. The Labute approximate surface area is 153 Å². The number of nitrogens with one attached hydrogen (secondary N) is 1. The number of pyridine rings is 1. The minimum absolute atomic E-state index is 0. The Morgan fingerprint density at radius 2 is 1.92 bits per heavy atom. The molecule has 0 radical (unpaired) electrons. The third kappa shape index (κ3) is 3.23. The van der Waals surface area contributed by atoms with E-state index in [-0.39, 0.29) is 30.7 Å². The predicted molar refractivity (Wildman–Crippen MR) is 97.3 cm³/mol. The molecule has 0 bridgehead atoms. The lowest BCUT2D eigenvalue weighted by atomic mass is 9.78. The zero-order valence-electron chi connectivity index (χ0n) is 13.7. The molecule has 24 heavy (non-hydrogen) atoms. The number of hydrogen-bond donors (Lipinski definition) is 1. The van der Waals surface area contributed by atoms with Gasteiger partial charge in [0.05, 0.1) is 5.56 Å². The molecular formula is C16H23Cl2N5O. The highest BCUT2D eigenvalue weighted by Gasteiger charge is 2.38. The molecule has 8 heteroatoms. The summed E-state index contributed by atoms with van der Waals surface area (Å²) in [5.41, 5.74) is 1.94. The van der Waals surface area contributed by atoms with Crippen molar-refractivity contribution in [2.24, 2.45) is 5.41 Å². The summed E-state index contributed by atoms with van der Waals surface area (Å²) in [6, 6.07) is 3.72. The standard InChI is InChI=1S/C16H21N5O.2ClH/c1-12-18-19-14-3-2-13(10-21(12)14)15(22)20-8-5-16(6-9-20)4-7-17-11-16;;/h2-3,10,17H,4-9,11H2,1H3;2*1H. The van der Waals surface area contributed by atoms with E-state index in [0.29, 0.717) is 5.41 Å². The first kappa shape index (κ1) is 19.0. The van der Waals surface area contributed by atoms with Gasteiger partial charge in [-0.15, -0.1) is 35.0 Å². The molecule has 0 atom stereocenters. The second-order valence-electron chi connectivity index (χ2n) is 6.61. The minimum atomic E-state index is 0. The normalized spacial score (nSPS) is 19.1. The average molecular weight is 372 g/mol. The van der Waals surface area contributed by atoms with E-state index in [1.54, 1.807) is 0 Å². The van der Waals surface area contributed by atoms with Gasteiger partial charge in [-0.3, -0.25) is 9.20 Å². The SMILES string of the molecule is Cc1nnc2ccc(C(=O)N3CCC4(CCNC4)CC3)cn12.Cl.Cl. The molecule has 4 rings (SSSR count). The summed E-state index contributed by atoms with van der Waals surface area (Å²) in [6.07, 6.45) is 5.33. The number of hydrogen-bond acceptors (Lipinski definition) is 4. The van der Waals surface area contributed by atoms with Crippen molar-refractivity contribution in [3.63, 3.8) is 0 Å². The number of carbonyl (C=O) groups excluding carboxylic acids is 1. The van der Waals surface area contributed by atoms with Crippen LogP contribution in [-0.2, 0) is 0 Å². The maximum absolute atomic E-state index is 12.7. The molecular weight excluding hydrogens is 349 g/mol. The van der Waals surface area contributed by atoms with Crippen LogP contribution in [0.15, 0.2) is 18.3 Å². The highest BCUT2D eigenvalue weighted by atomic mass is 35.5. The summed E-state index contributed by atoms with van der Waals surface area (Å²) in [5, 5.41) is 11.6. The van der Waals surface area contributed by atoms with Crippen LogP contribution in [0.25, 0.3) is 5.65 Å². The van der Waals surface area contributed by atoms with Crippen molar-refractivity contribution in [3.05, 3.63) is 29.7 Å². The molecule has 1 spiro atoms. The molecule has 2 fully saturated rings. The predicted octanol–water partition coefficient (Wildman–Crippen LogP) is 2.10. The van der Waals surface area contributed by atoms with Gasteiger partial charge in [-0.25, -0.2) is 0 Å². The fourth-order valence-corrected chi connectivity index (χ4v) is 3.72. The minimum Gasteiger partial charge on any atom is -0.339 e. The fourth-order valence-electron chi connectivity index (χ4n) is 3.72. The van der Waals surface area contributed by atoms with Crippen molar-refractivity contribution >= 4 is 36.4 Å². The Kier molecular flexibility index (Phi) is 5.73. The fraction of sp³-hybridized carbons (Fsp3) is 0.562. The maximum atomic E-state index is 12.7. The number of halogens is 2. The number of fused-ring (bicyclic) bond motifs is 1. The quantitative estimate of drug-likeness (QED) is 0.833. The van der Waals surface area contributed by atoms with Crippen LogP contribution in [-0.4, -0.2) is 51.6 Å². The molecule has 0 unspecified atom stereocenters. The van der Waals surface area contributed by atoms with Crippen LogP contribution in [0.2, 0.25) is 0 Å². The van der Waals surface area contributed by atoms with Crippen LogP contribution in [0.1, 0.15) is 35.4 Å². The number of aryl methyl sites for hydroxylation is 1. The summed E-state index contributed by atoms with van der Waals surface area (Å²) in [6.45, 7) is 5.85. The number of carbonyl (C=O) groups is 1. The van der Waals surface area contributed by atoms with E-state index in [9.17, 15) is 4.79 Å². The highest BCUT2D eigenvalue weighted by Crippen LogP contribution is 2.37. The first-order valence-corrected chi connectivity index (χ1v) is 7.98. The third-order valence-electron chi connectivity index (χ3n) is 5.26. The van der Waals surface area contributed by atoms with Crippen LogP contribution >= 0.6 is 24.8 Å². The van der Waals surface area contributed by atoms with Crippen molar-refractivity contribution in [1.29, 1.82) is 0 Å². The van der Waals surface area contributed by atoms with E-state index in [4.69, 9.17) is 0 Å². The molecule has 1 N–H and O–H groups in total. The van der Waals surface area contributed by atoms with Gasteiger partial charge in [0.1, 0.15) is 5.82 Å². The van der Waals surface area contributed by atoms with Gasteiger partial charge < -0.3 is 10.2 Å². The summed E-state index contributed by atoms with van der Waals surface area (Å²) in [7, 11) is 0. The highest BCUT2D eigenvalue weighted by molar-refractivity contribution is 5.94. The van der Waals surface area contributed by atoms with E-state index in [1.807, 2.05) is 34.6 Å². The summed E-state index contributed by atoms with van der Waals surface area (Å²) in [5.74, 6) is 0.926. The number of aromatic nitrogens is 3. The summed E-state index contributed by atoms with van der Waals surface area (Å²) >= 11 is 0. The number of piperidine rings is 1. The van der Waals surface area contributed by atoms with Crippen molar-refractivity contribution < 1.29 is 4.79 Å². The van der Waals surface area contributed by atoms with Gasteiger partial charge in [0.25, 0.3) is 5.91 Å². The number of likely N-dealkylation sites (tertiary alicyclic amines) is 1. The zero-order valence-corrected chi connectivity index (χ0v) is 15.3. The maximum Gasteiger partial charge on any atom is 0.255 e. The molecule has 0 saturated carbocycles. The Morgan fingerprint density at radius 3 is 2.58 bits per heavy atom. The van der Waals surface area contributed by atoms with Gasteiger partial charge in [-0.2, -0.15) is 0 Å². The molecule has 2 aromatic rings. The van der Waals surface area contributed by atoms with Gasteiger partial charge in [-0.05, 0) is 50.3 Å². The Hall–Kier alpha value is -1.37. The number of rotatable bonds is 1. The summed E-state index contributed by atoms with van der Waals surface area (Å²) in [4.78, 5) is 14.7. The molecule has 2 aliphatic rings. The lowest BCUT2D eigenvalue weighted by Crippen LogP contribution is -2.44. The van der Waals surface area contributed by atoms with E-state index in [1.165, 1.54) is 6.42 Å². The van der Waals surface area contributed by atoms with E-state index in [0.717, 1.165) is 56.1 Å². The number of amides is 1. The van der Waals surface area contributed by atoms with Gasteiger partial charge in [0, 0.05) is 25.8 Å². The molecule has 2 aliphatic heterocycles. The average Bonchev–Trinajstić information content (AvgIpc) is 3.15. The van der Waals surface area contributed by atoms with Crippen LogP contribution < -0.4 is 5.32 Å². The van der Waals surface area contributed by atoms with Crippen molar-refractivity contribution in [3.8, 4) is 0 Å². The second kappa shape index (κ2) is 7.25. The van der Waals surface area contributed by atoms with Crippen molar-refractivity contribution in [1.82, 2.24) is 24.8 Å². The molecule has 1 amide bonds. The Balaban J connectivity index is 0.00000104. The molecule has 0 aromatic carbocycles. The summed E-state index contributed by atoms with van der Waals surface area (Å²) < 4.78 is 1.87. The number of nitrogens with zero attached hydrogens (tertiary/aromatic N) is 4. The molecule has 6 nitrogen and oxygen atoms in total. The van der Waals surface area contributed by atoms with Crippen LogP contribution in [0.4, 0.5) is 0 Å². The topological polar surface area (TPSA) is 62.5 Å². The molecule has 0 aliphatic carbocycles. The molecule has 132 valence electrons. The first-order valence-electron chi connectivity index (χ1n) is 7.98. The van der Waals surface area contributed by atoms with Gasteiger partial charge >= 0.3 is 0 Å². The van der Waals surface area contributed by atoms with Gasteiger partial charge in [-0.1, -0.05) is 0 Å². The zero-order chi connectivity index (χ0) is 15.2. The smallest absolute Gasteiger partial charge is 0.255 e.